The van der Waals surface area contributed by atoms with Crippen molar-refractivity contribution in [2.45, 2.75) is 0 Å². The Hall–Kier alpha value is 0.600. The maximum Gasteiger partial charge on any atom is 0.182 e. The average molecular weight is 98.1 g/mol. The fourth-order valence-corrected chi connectivity index (χ4v) is 0. The van der Waals surface area contributed by atoms with Gasteiger partial charge in [0.2, 0.25) is 0 Å². The molecule has 0 aliphatic rings. The van der Waals surface area contributed by atoms with Gasteiger partial charge in [-0.15, -0.1) is 0 Å². The number of rotatable bonds is 1. The van der Waals surface area contributed by atoms with Crippen LogP contribution in [0.15, 0.2) is 0 Å². The van der Waals surface area contributed by atoms with E-state index in [-0.39, 0.29) is 50.3 Å². The van der Waals surface area contributed by atoms with Crippen LogP contribution in [0.3, 0.4) is 0 Å². The Bertz CT molecular complexity index is 28.6. The van der Waals surface area contributed by atoms with Gasteiger partial charge in [-0.05, 0) is 0 Å². The zero-order valence-corrected chi connectivity index (χ0v) is 4.89. The van der Waals surface area contributed by atoms with Crippen molar-refractivity contribution in [2.24, 2.45) is 0 Å². The molecule has 0 aromatic heterocycles. The Morgan fingerprint density at radius 1 is 1.00 bits per heavy atom. The van der Waals surface area contributed by atoms with Crippen LogP contribution in [0.1, 0.15) is 0 Å². The van der Waals surface area contributed by atoms with E-state index in [9.17, 15) is 0 Å². The van der Waals surface area contributed by atoms with Crippen molar-refractivity contribution in [3.05, 3.63) is 0 Å². The van der Waals surface area contributed by atoms with Gasteiger partial charge in [0.1, 0.15) is 0 Å². The molecule has 0 saturated carbocycles. The third kappa shape index (κ3) is 12.1. The maximum absolute atomic E-state index is 8.81. The number of carbonyl (C=O) groups excluding carboxylic acids is 2. The molecule has 2 nitrogen and oxygen atoms in total. The number of carbonyl (C=O) groups is 2. The molecule has 0 amide bonds. The van der Waals surface area contributed by atoms with Gasteiger partial charge in [0, 0.05) is 37.7 Å². The van der Waals surface area contributed by atoms with Gasteiger partial charge in [0.15, 0.2) is 12.6 Å². The Morgan fingerprint density at radius 3 is 1.20 bits per heavy atom. The van der Waals surface area contributed by atoms with E-state index in [1.165, 1.54) is 0 Å². The molecule has 24 valence electrons. The zero-order valence-electron chi connectivity index (χ0n) is 2.68. The van der Waals surface area contributed by atoms with Crippen molar-refractivity contribution in [3.8, 4) is 0 Å². The van der Waals surface area contributed by atoms with Gasteiger partial charge in [-0.2, -0.15) is 0 Å². The van der Waals surface area contributed by atoms with E-state index in [4.69, 9.17) is 9.59 Å². The van der Waals surface area contributed by atoms with Crippen molar-refractivity contribution >= 4 is 50.3 Å². The normalized spacial score (nSPS) is 4.00. The van der Waals surface area contributed by atoms with Crippen LogP contribution in [-0.2, 0) is 9.59 Å². The summed E-state index contributed by atoms with van der Waals surface area (Å²) in [5.74, 6) is 0. The number of aldehydes is 2. The van der Waals surface area contributed by atoms with Crippen LogP contribution in [0.5, 0.6) is 0 Å². The molecule has 0 aliphatic carbocycles. The summed E-state index contributed by atoms with van der Waals surface area (Å²) in [5.41, 5.74) is 0. The second-order valence-corrected chi connectivity index (χ2v) is 0.272. The van der Waals surface area contributed by atoms with Gasteiger partial charge in [0.05, 0.1) is 0 Å². The predicted molar refractivity (Wildman–Crippen MR) is 17.9 cm³/mol. The minimum Gasteiger partial charge on any atom is -0.295 e. The topological polar surface area (TPSA) is 34.1 Å². The van der Waals surface area contributed by atoms with E-state index < -0.39 is 0 Å². The van der Waals surface area contributed by atoms with E-state index in [0.29, 0.717) is 0 Å². The molecule has 3 heteroatoms. The summed E-state index contributed by atoms with van der Waals surface area (Å²) in [6.07, 6.45) is 0.389. The molecule has 0 rings (SSSR count). The summed E-state index contributed by atoms with van der Waals surface area (Å²) in [6.45, 7) is 0. The number of hydrogen-bond donors (Lipinski definition) is 0. The largest absolute Gasteiger partial charge is 0.295 e. The summed E-state index contributed by atoms with van der Waals surface area (Å²) in [6, 6.07) is 0. The van der Waals surface area contributed by atoms with Crippen molar-refractivity contribution in [2.75, 3.05) is 0 Å². The summed E-state index contributed by atoms with van der Waals surface area (Å²) in [7, 11) is 0. The minimum atomic E-state index is 0. The van der Waals surface area contributed by atoms with Crippen LogP contribution in [0.25, 0.3) is 0 Å². The van der Waals surface area contributed by atoms with E-state index >= 15 is 0 Å². The molecule has 0 atom stereocenters. The summed E-state index contributed by atoms with van der Waals surface area (Å²) < 4.78 is 0. The van der Waals surface area contributed by atoms with Gasteiger partial charge in [-0.1, -0.05) is 0 Å². The van der Waals surface area contributed by atoms with Crippen LogP contribution in [0.4, 0.5) is 0 Å². The van der Waals surface area contributed by atoms with Crippen LogP contribution in [-0.4, -0.2) is 50.3 Å². The van der Waals surface area contributed by atoms with Gasteiger partial charge < -0.3 is 0 Å². The van der Waals surface area contributed by atoms with Gasteiger partial charge in [0.25, 0.3) is 0 Å². The van der Waals surface area contributed by atoms with Crippen molar-refractivity contribution in [1.82, 2.24) is 0 Å². The molecule has 0 saturated heterocycles. The molecule has 0 spiro atoms. The van der Waals surface area contributed by atoms with Crippen molar-refractivity contribution in [3.63, 3.8) is 0 Å². The van der Waals surface area contributed by atoms with Crippen LogP contribution < -0.4 is 0 Å². The second-order valence-electron chi connectivity index (χ2n) is 0.272. The van der Waals surface area contributed by atoms with E-state index in [1.54, 1.807) is 0 Å². The van der Waals surface area contributed by atoms with E-state index in [0.717, 1.165) is 0 Å². The molecular formula is C2H2CaO2. The van der Waals surface area contributed by atoms with Crippen LogP contribution >= 0.6 is 0 Å². The molecule has 0 N–H and O–H groups in total. The smallest absolute Gasteiger partial charge is 0.182 e. The zero-order chi connectivity index (χ0) is 3.41. The maximum atomic E-state index is 8.81. The Balaban J connectivity index is 0. The quantitative estimate of drug-likeness (QED) is 0.239. The standard InChI is InChI=1S/C2H2O2.Ca/c3-1-2-4;/h1-2H;. The molecular weight excluding hydrogens is 96.1 g/mol. The first-order valence-corrected chi connectivity index (χ1v) is 0.805. The summed E-state index contributed by atoms with van der Waals surface area (Å²) in [4.78, 5) is 17.6. The third-order valence-electron chi connectivity index (χ3n) is 0.0556. The molecule has 0 bridgehead atoms. The fraction of sp³-hybridized carbons (Fsp3) is 0. The Labute approximate surface area is 59.5 Å². The molecule has 0 unspecified atom stereocenters. The Morgan fingerprint density at radius 2 is 1.20 bits per heavy atom. The third-order valence-corrected chi connectivity index (χ3v) is 0.0556. The first-order valence-electron chi connectivity index (χ1n) is 0.805. The average Bonchev–Trinajstić information content (AvgIpc) is 1.37. The van der Waals surface area contributed by atoms with Crippen molar-refractivity contribution in [1.29, 1.82) is 0 Å². The summed E-state index contributed by atoms with van der Waals surface area (Å²) in [5, 5.41) is 0. The van der Waals surface area contributed by atoms with Gasteiger partial charge in [-0.3, -0.25) is 9.59 Å². The van der Waals surface area contributed by atoms with Gasteiger partial charge >= 0.3 is 0 Å². The predicted octanol–water partition coefficient (Wildman–Crippen LogP) is -0.997. The molecule has 0 fully saturated rings. The molecule has 0 aromatic carbocycles. The van der Waals surface area contributed by atoms with Gasteiger partial charge in [-0.25, -0.2) is 0 Å². The molecule has 0 aromatic rings. The number of hydrogen-bond acceptors (Lipinski definition) is 2. The summed E-state index contributed by atoms with van der Waals surface area (Å²) >= 11 is 0. The molecule has 2 radical (unpaired) electrons. The minimum absolute atomic E-state index is 0. The first-order chi connectivity index (χ1) is 1.91. The fourth-order valence-electron chi connectivity index (χ4n) is 0. The van der Waals surface area contributed by atoms with E-state index in [1.807, 2.05) is 0 Å². The van der Waals surface area contributed by atoms with Crippen LogP contribution in [0.2, 0.25) is 0 Å². The Kier molecular flexibility index (Phi) is 16.1. The van der Waals surface area contributed by atoms with E-state index in [2.05, 4.69) is 0 Å². The second kappa shape index (κ2) is 8.82. The molecule has 0 aliphatic heterocycles. The van der Waals surface area contributed by atoms with Crippen LogP contribution in [0, 0.1) is 0 Å². The SMILES string of the molecule is O=CC=O.[Ca]. The monoisotopic (exact) mass is 98.0 g/mol. The van der Waals surface area contributed by atoms with Crippen molar-refractivity contribution < 1.29 is 9.59 Å². The molecule has 0 heterocycles. The molecule has 5 heavy (non-hydrogen) atoms. The first kappa shape index (κ1) is 9.14.